The number of rotatable bonds is 4. The molecule has 0 aromatic heterocycles. The van der Waals surface area contributed by atoms with Crippen molar-refractivity contribution in [2.24, 2.45) is 0 Å². The zero-order valence-corrected chi connectivity index (χ0v) is 10.2. The Bertz CT molecular complexity index is 152. The summed E-state index contributed by atoms with van der Waals surface area (Å²) in [6, 6.07) is 0.639. The highest BCUT2D eigenvalue weighted by Crippen LogP contribution is 2.52. The molecule has 0 aliphatic carbocycles. The summed E-state index contributed by atoms with van der Waals surface area (Å²) in [5.74, 6) is 0. The van der Waals surface area contributed by atoms with Crippen LogP contribution in [0.5, 0.6) is 0 Å². The zero-order valence-electron chi connectivity index (χ0n) is 9.29. The molecule has 0 amide bonds. The van der Waals surface area contributed by atoms with E-state index in [1.165, 1.54) is 19.4 Å². The molecule has 1 aliphatic heterocycles. The Morgan fingerprint density at radius 1 is 1.54 bits per heavy atom. The Balaban J connectivity index is 2.45. The van der Waals surface area contributed by atoms with Gasteiger partial charge in [-0.3, -0.25) is 4.67 Å². The summed E-state index contributed by atoms with van der Waals surface area (Å²) in [5.41, 5.74) is 0.678. The van der Waals surface area contributed by atoms with Crippen LogP contribution < -0.4 is 0 Å². The molecule has 3 heteroatoms. The van der Waals surface area contributed by atoms with Crippen molar-refractivity contribution in [2.75, 3.05) is 13.2 Å². The maximum Gasteiger partial charge on any atom is 0.107 e. The summed E-state index contributed by atoms with van der Waals surface area (Å²) in [7, 11) is -0.285. The lowest BCUT2D eigenvalue weighted by Gasteiger charge is -2.27. The highest BCUT2D eigenvalue weighted by molar-refractivity contribution is 7.51. The summed E-state index contributed by atoms with van der Waals surface area (Å²) in [6.45, 7) is 11.2. The molecule has 0 bridgehead atoms. The summed E-state index contributed by atoms with van der Waals surface area (Å²) in [5, 5.41) is 0. The molecule has 78 valence electrons. The van der Waals surface area contributed by atoms with Crippen molar-refractivity contribution in [2.45, 2.75) is 52.2 Å². The monoisotopic (exact) mass is 203 g/mol. The molecule has 1 fully saturated rings. The number of hydrogen-bond acceptors (Lipinski definition) is 2. The first kappa shape index (κ1) is 11.4. The highest BCUT2D eigenvalue weighted by Gasteiger charge is 2.33. The van der Waals surface area contributed by atoms with Crippen LogP contribution in [0.2, 0.25) is 0 Å². The van der Waals surface area contributed by atoms with Gasteiger partial charge in [0.25, 0.3) is 0 Å². The first-order valence-electron chi connectivity index (χ1n) is 5.35. The molecular weight excluding hydrogens is 181 g/mol. The normalized spacial score (nSPS) is 30.2. The lowest BCUT2D eigenvalue weighted by atomic mass is 10.3. The van der Waals surface area contributed by atoms with E-state index in [9.17, 15) is 0 Å². The van der Waals surface area contributed by atoms with Crippen LogP contribution >= 0.6 is 8.30 Å². The number of hydrogen-bond donors (Lipinski definition) is 0. The Kier molecular flexibility index (Phi) is 4.64. The molecule has 0 N–H and O–H groups in total. The second-order valence-electron chi connectivity index (χ2n) is 4.06. The van der Waals surface area contributed by atoms with Crippen LogP contribution in [0.3, 0.4) is 0 Å². The van der Waals surface area contributed by atoms with E-state index >= 15 is 0 Å². The minimum Gasteiger partial charge on any atom is -0.342 e. The average molecular weight is 203 g/mol. The van der Waals surface area contributed by atoms with E-state index in [0.29, 0.717) is 11.7 Å². The summed E-state index contributed by atoms with van der Waals surface area (Å²) < 4.78 is 8.40. The standard InChI is InChI=1S/C10H22NOP/c1-5-6-7-11-10(4)8-12-13(11)9(2)3/h9-10H,5-8H2,1-4H3. The SMILES string of the molecule is CCCCN1C(C)COP1C(C)C. The molecule has 0 aromatic rings. The lowest BCUT2D eigenvalue weighted by Crippen LogP contribution is -2.26. The van der Waals surface area contributed by atoms with E-state index in [0.717, 1.165) is 6.61 Å². The Morgan fingerprint density at radius 3 is 2.77 bits per heavy atom. The van der Waals surface area contributed by atoms with Crippen molar-refractivity contribution in [3.8, 4) is 0 Å². The Morgan fingerprint density at radius 2 is 2.23 bits per heavy atom. The van der Waals surface area contributed by atoms with Crippen molar-refractivity contribution in [3.63, 3.8) is 0 Å². The van der Waals surface area contributed by atoms with Gasteiger partial charge < -0.3 is 4.52 Å². The molecule has 1 saturated heterocycles. The first-order chi connectivity index (χ1) is 6.16. The predicted octanol–water partition coefficient (Wildman–Crippen LogP) is 3.23. The van der Waals surface area contributed by atoms with Gasteiger partial charge in [0.1, 0.15) is 8.30 Å². The van der Waals surface area contributed by atoms with Gasteiger partial charge in [0.15, 0.2) is 0 Å². The van der Waals surface area contributed by atoms with Gasteiger partial charge in [-0.1, -0.05) is 27.2 Å². The van der Waals surface area contributed by atoms with Gasteiger partial charge in [0, 0.05) is 18.2 Å². The predicted molar refractivity (Wildman–Crippen MR) is 59.1 cm³/mol. The molecular formula is C10H22NOP. The van der Waals surface area contributed by atoms with E-state index in [1.807, 2.05) is 0 Å². The second-order valence-corrected chi connectivity index (χ2v) is 6.47. The fourth-order valence-electron chi connectivity index (χ4n) is 1.62. The molecule has 0 saturated carbocycles. The van der Waals surface area contributed by atoms with Crippen LogP contribution in [0, 0.1) is 0 Å². The van der Waals surface area contributed by atoms with Crippen molar-refractivity contribution >= 4 is 8.30 Å². The van der Waals surface area contributed by atoms with Crippen molar-refractivity contribution < 1.29 is 4.52 Å². The molecule has 2 atom stereocenters. The van der Waals surface area contributed by atoms with Crippen molar-refractivity contribution in [1.29, 1.82) is 0 Å². The third kappa shape index (κ3) is 2.90. The quantitative estimate of drug-likeness (QED) is 0.650. The number of nitrogens with zero attached hydrogens (tertiary/aromatic N) is 1. The van der Waals surface area contributed by atoms with Gasteiger partial charge in [-0.25, -0.2) is 0 Å². The summed E-state index contributed by atoms with van der Waals surface area (Å²) in [6.07, 6.45) is 2.59. The van der Waals surface area contributed by atoms with E-state index in [-0.39, 0.29) is 8.30 Å². The molecule has 1 heterocycles. The van der Waals surface area contributed by atoms with Gasteiger partial charge in [0.2, 0.25) is 0 Å². The summed E-state index contributed by atoms with van der Waals surface area (Å²) >= 11 is 0. The third-order valence-corrected chi connectivity index (χ3v) is 4.79. The maximum atomic E-state index is 5.83. The first-order valence-corrected chi connectivity index (χ1v) is 6.63. The van der Waals surface area contributed by atoms with E-state index in [4.69, 9.17) is 4.52 Å². The van der Waals surface area contributed by atoms with Gasteiger partial charge >= 0.3 is 0 Å². The third-order valence-electron chi connectivity index (χ3n) is 2.39. The van der Waals surface area contributed by atoms with Crippen LogP contribution in [-0.2, 0) is 4.52 Å². The zero-order chi connectivity index (χ0) is 9.84. The molecule has 0 aromatic carbocycles. The average Bonchev–Trinajstić information content (AvgIpc) is 2.43. The molecule has 2 unspecified atom stereocenters. The Hall–Kier alpha value is 0.350. The van der Waals surface area contributed by atoms with E-state index in [1.54, 1.807) is 0 Å². The van der Waals surface area contributed by atoms with Crippen molar-refractivity contribution in [3.05, 3.63) is 0 Å². The van der Waals surface area contributed by atoms with Gasteiger partial charge in [0.05, 0.1) is 6.61 Å². The molecule has 1 rings (SSSR count). The minimum atomic E-state index is -0.285. The number of unbranched alkanes of at least 4 members (excludes halogenated alkanes) is 1. The molecule has 1 aliphatic rings. The van der Waals surface area contributed by atoms with Crippen LogP contribution in [0.1, 0.15) is 40.5 Å². The fourth-order valence-corrected chi connectivity index (χ4v) is 3.83. The largest absolute Gasteiger partial charge is 0.342 e. The Labute approximate surface area is 83.5 Å². The van der Waals surface area contributed by atoms with Crippen LogP contribution in [-0.4, -0.2) is 29.5 Å². The van der Waals surface area contributed by atoms with Gasteiger partial charge in [-0.15, -0.1) is 0 Å². The molecule has 0 spiro atoms. The topological polar surface area (TPSA) is 12.5 Å². The van der Waals surface area contributed by atoms with Crippen LogP contribution in [0.4, 0.5) is 0 Å². The minimum absolute atomic E-state index is 0.285. The van der Waals surface area contributed by atoms with Crippen LogP contribution in [0.15, 0.2) is 0 Å². The molecule has 2 nitrogen and oxygen atoms in total. The van der Waals surface area contributed by atoms with E-state index < -0.39 is 0 Å². The van der Waals surface area contributed by atoms with Crippen LogP contribution in [0.25, 0.3) is 0 Å². The van der Waals surface area contributed by atoms with E-state index in [2.05, 4.69) is 32.4 Å². The molecule has 0 radical (unpaired) electrons. The smallest absolute Gasteiger partial charge is 0.107 e. The van der Waals surface area contributed by atoms with Gasteiger partial charge in [-0.2, -0.15) is 0 Å². The fraction of sp³-hybridized carbons (Fsp3) is 1.00. The molecule has 13 heavy (non-hydrogen) atoms. The van der Waals surface area contributed by atoms with Gasteiger partial charge in [-0.05, 0) is 13.3 Å². The highest BCUT2D eigenvalue weighted by atomic mass is 31.2. The van der Waals surface area contributed by atoms with Crippen molar-refractivity contribution in [1.82, 2.24) is 4.67 Å². The lowest BCUT2D eigenvalue weighted by molar-refractivity contribution is 0.325. The maximum absolute atomic E-state index is 5.83. The summed E-state index contributed by atoms with van der Waals surface area (Å²) in [4.78, 5) is 0. The second kappa shape index (κ2) is 5.29.